The van der Waals surface area contributed by atoms with Crippen molar-refractivity contribution in [2.45, 2.75) is 13.1 Å². The van der Waals surface area contributed by atoms with Gasteiger partial charge in [-0.25, -0.2) is 4.39 Å². The second-order valence-corrected chi connectivity index (χ2v) is 6.89. The summed E-state index contributed by atoms with van der Waals surface area (Å²) in [4.78, 5) is 15.0. The summed E-state index contributed by atoms with van der Waals surface area (Å²) in [6, 6.07) is 2.74. The summed E-state index contributed by atoms with van der Waals surface area (Å²) < 4.78 is 19.6. The minimum atomic E-state index is -0.797. The average Bonchev–Trinajstić information content (AvgIpc) is 3.27. The summed E-state index contributed by atoms with van der Waals surface area (Å²) in [5.74, 6) is 0.131. The van der Waals surface area contributed by atoms with Gasteiger partial charge in [0.15, 0.2) is 17.5 Å². The minimum absolute atomic E-state index is 0.0726. The zero-order valence-corrected chi connectivity index (χ0v) is 14.8. The third-order valence-electron chi connectivity index (χ3n) is 3.89. The van der Waals surface area contributed by atoms with Crippen LogP contribution in [0.4, 0.5) is 4.39 Å². The quantitative estimate of drug-likeness (QED) is 0.620. The smallest absolute Gasteiger partial charge is 0.255 e. The van der Waals surface area contributed by atoms with Crippen molar-refractivity contribution in [3.8, 4) is 10.7 Å². The van der Waals surface area contributed by atoms with E-state index in [1.807, 2.05) is 4.57 Å². The van der Waals surface area contributed by atoms with Gasteiger partial charge in [0.25, 0.3) is 5.91 Å². The van der Waals surface area contributed by atoms with E-state index in [9.17, 15) is 9.18 Å². The molecule has 0 saturated heterocycles. The fourth-order valence-electron chi connectivity index (χ4n) is 2.64. The maximum absolute atomic E-state index is 13.8. The van der Waals surface area contributed by atoms with Gasteiger partial charge in [0.2, 0.25) is 0 Å². The van der Waals surface area contributed by atoms with Crippen LogP contribution in [0.5, 0.6) is 0 Å². The van der Waals surface area contributed by atoms with Crippen LogP contribution in [0, 0.1) is 5.82 Å². The maximum atomic E-state index is 13.8. The number of nitrogens with zero attached hydrogens (tertiary/aromatic N) is 6. The number of amides is 1. The van der Waals surface area contributed by atoms with E-state index in [1.54, 1.807) is 11.1 Å². The summed E-state index contributed by atoms with van der Waals surface area (Å²) in [5.41, 5.74) is 0.0726. The van der Waals surface area contributed by atoms with E-state index in [1.165, 1.54) is 23.7 Å². The summed E-state index contributed by atoms with van der Waals surface area (Å²) in [7, 11) is 0. The monoisotopic (exact) mass is 398 g/mol. The molecule has 2 aromatic heterocycles. The number of rotatable bonds is 2. The van der Waals surface area contributed by atoms with Crippen molar-refractivity contribution in [3.63, 3.8) is 0 Å². The molecule has 1 aromatic carbocycles. The second-order valence-electron chi connectivity index (χ2n) is 5.32. The Hall–Kier alpha value is -2.10. The normalized spacial score (nSPS) is 13.8. The Morgan fingerprint density at radius 2 is 2.08 bits per heavy atom. The van der Waals surface area contributed by atoms with Crippen molar-refractivity contribution in [3.05, 3.63) is 45.6 Å². The zero-order chi connectivity index (χ0) is 17.6. The molecule has 25 heavy (non-hydrogen) atoms. The standard InChI is InChI=1S/C14H9Cl2FN6OS/c15-8-2-1-7(11(16)12(8)17)14(24)22-3-4-23-10(6-22)19-20-13(23)9-5-18-21-25-9/h1-2,5H,3-4,6H2. The maximum Gasteiger partial charge on any atom is 0.255 e. The highest BCUT2D eigenvalue weighted by Gasteiger charge is 2.28. The van der Waals surface area contributed by atoms with E-state index < -0.39 is 5.82 Å². The molecular formula is C14H9Cl2FN6OS. The lowest BCUT2D eigenvalue weighted by molar-refractivity contribution is 0.0707. The molecule has 1 aliphatic rings. The fraction of sp³-hybridized carbons (Fsp3) is 0.214. The van der Waals surface area contributed by atoms with Crippen LogP contribution in [-0.4, -0.2) is 41.7 Å². The molecule has 0 radical (unpaired) electrons. The first-order chi connectivity index (χ1) is 12.1. The predicted molar refractivity (Wildman–Crippen MR) is 90.1 cm³/mol. The molecule has 7 nitrogen and oxygen atoms in total. The van der Waals surface area contributed by atoms with Gasteiger partial charge in [0.1, 0.15) is 4.88 Å². The Kier molecular flexibility index (Phi) is 4.14. The number of benzene rings is 1. The molecule has 0 N–H and O–H groups in total. The first-order valence-corrected chi connectivity index (χ1v) is 8.71. The van der Waals surface area contributed by atoms with E-state index in [0.717, 1.165) is 4.88 Å². The van der Waals surface area contributed by atoms with E-state index in [2.05, 4.69) is 19.8 Å². The lowest BCUT2D eigenvalue weighted by atomic mass is 10.1. The molecule has 0 spiro atoms. The topological polar surface area (TPSA) is 76.8 Å². The van der Waals surface area contributed by atoms with Crippen LogP contribution >= 0.6 is 34.7 Å². The highest BCUT2D eigenvalue weighted by atomic mass is 35.5. The van der Waals surface area contributed by atoms with Crippen LogP contribution in [0.3, 0.4) is 0 Å². The van der Waals surface area contributed by atoms with E-state index in [-0.39, 0.29) is 28.1 Å². The summed E-state index contributed by atoms with van der Waals surface area (Å²) in [6.07, 6.45) is 1.62. The zero-order valence-electron chi connectivity index (χ0n) is 12.5. The number of hydrogen-bond donors (Lipinski definition) is 0. The Morgan fingerprint density at radius 1 is 1.24 bits per heavy atom. The number of carbonyl (C=O) groups is 1. The third-order valence-corrected chi connectivity index (χ3v) is 5.21. The molecule has 0 aliphatic carbocycles. The highest BCUT2D eigenvalue weighted by molar-refractivity contribution is 7.09. The number of fused-ring (bicyclic) bond motifs is 1. The summed E-state index contributed by atoms with van der Waals surface area (Å²) >= 11 is 12.8. The van der Waals surface area contributed by atoms with Crippen molar-refractivity contribution in [1.29, 1.82) is 0 Å². The van der Waals surface area contributed by atoms with Crippen LogP contribution in [-0.2, 0) is 13.1 Å². The molecule has 128 valence electrons. The van der Waals surface area contributed by atoms with Gasteiger partial charge in [-0.3, -0.25) is 4.79 Å². The van der Waals surface area contributed by atoms with Crippen molar-refractivity contribution in [1.82, 2.24) is 29.3 Å². The van der Waals surface area contributed by atoms with Gasteiger partial charge < -0.3 is 9.47 Å². The summed E-state index contributed by atoms with van der Waals surface area (Å²) in [6.45, 7) is 1.18. The first-order valence-electron chi connectivity index (χ1n) is 7.19. The van der Waals surface area contributed by atoms with E-state index in [0.29, 0.717) is 24.7 Å². The van der Waals surface area contributed by atoms with Crippen molar-refractivity contribution >= 4 is 40.6 Å². The average molecular weight is 399 g/mol. The van der Waals surface area contributed by atoms with Crippen molar-refractivity contribution in [2.75, 3.05) is 6.54 Å². The molecule has 0 fully saturated rings. The Labute approximate surface area is 155 Å². The van der Waals surface area contributed by atoms with E-state index in [4.69, 9.17) is 23.2 Å². The molecule has 0 atom stereocenters. The first kappa shape index (κ1) is 16.4. The van der Waals surface area contributed by atoms with Crippen molar-refractivity contribution < 1.29 is 9.18 Å². The number of aromatic nitrogens is 5. The SMILES string of the molecule is O=C(c1ccc(Cl)c(F)c1Cl)N1CCn2c(nnc2-c2cnns2)C1. The van der Waals surface area contributed by atoms with Gasteiger partial charge in [0, 0.05) is 13.1 Å². The Bertz CT molecular complexity index is 961. The molecule has 3 heterocycles. The molecule has 1 aliphatic heterocycles. The van der Waals surface area contributed by atoms with Crippen LogP contribution in [0.15, 0.2) is 18.3 Å². The molecule has 4 rings (SSSR count). The largest absolute Gasteiger partial charge is 0.329 e. The third kappa shape index (κ3) is 2.78. The number of halogens is 3. The Morgan fingerprint density at radius 3 is 2.84 bits per heavy atom. The fourth-order valence-corrected chi connectivity index (χ4v) is 3.60. The van der Waals surface area contributed by atoms with Crippen LogP contribution < -0.4 is 0 Å². The van der Waals surface area contributed by atoms with Crippen LogP contribution in [0.25, 0.3) is 10.7 Å². The van der Waals surface area contributed by atoms with Gasteiger partial charge in [0.05, 0.1) is 28.4 Å². The molecule has 1 amide bonds. The Balaban J connectivity index is 1.61. The lowest BCUT2D eigenvalue weighted by Gasteiger charge is -2.28. The second kappa shape index (κ2) is 6.32. The molecule has 0 unspecified atom stereocenters. The molecular weight excluding hydrogens is 390 g/mol. The van der Waals surface area contributed by atoms with Crippen LogP contribution in [0.1, 0.15) is 16.2 Å². The number of hydrogen-bond acceptors (Lipinski definition) is 6. The van der Waals surface area contributed by atoms with Crippen molar-refractivity contribution in [2.24, 2.45) is 0 Å². The van der Waals surface area contributed by atoms with E-state index >= 15 is 0 Å². The molecule has 0 bridgehead atoms. The predicted octanol–water partition coefficient (Wildman–Crippen LogP) is 2.90. The van der Waals surface area contributed by atoms with Gasteiger partial charge in [-0.1, -0.05) is 27.7 Å². The molecule has 3 aromatic rings. The summed E-state index contributed by atoms with van der Waals surface area (Å²) in [5, 5.41) is 11.7. The van der Waals surface area contributed by atoms with Crippen LogP contribution in [0.2, 0.25) is 10.0 Å². The van der Waals surface area contributed by atoms with Gasteiger partial charge in [-0.05, 0) is 23.7 Å². The van der Waals surface area contributed by atoms with Gasteiger partial charge >= 0.3 is 0 Å². The lowest BCUT2D eigenvalue weighted by Crippen LogP contribution is -2.38. The number of carbonyl (C=O) groups excluding carboxylic acids is 1. The van der Waals surface area contributed by atoms with Gasteiger partial charge in [-0.2, -0.15) is 0 Å². The minimum Gasteiger partial charge on any atom is -0.329 e. The highest BCUT2D eigenvalue weighted by Crippen LogP contribution is 2.29. The molecule has 11 heteroatoms. The molecule has 0 saturated carbocycles. The van der Waals surface area contributed by atoms with Gasteiger partial charge in [-0.15, -0.1) is 15.3 Å².